The Hall–Kier alpha value is -2.16. The largest absolute Gasteiger partial charge is 0.398 e. The van der Waals surface area contributed by atoms with Crippen LogP contribution in [0, 0.1) is 0 Å². The van der Waals surface area contributed by atoms with E-state index in [2.05, 4.69) is 4.98 Å². The maximum Gasteiger partial charge on any atom is 0.195 e. The number of ketones is 1. The summed E-state index contributed by atoms with van der Waals surface area (Å²) < 4.78 is 0. The summed E-state index contributed by atoms with van der Waals surface area (Å²) >= 11 is 0. The first kappa shape index (κ1) is 9.40. The fourth-order valence-corrected chi connectivity index (χ4v) is 1.36. The van der Waals surface area contributed by atoms with E-state index in [1.165, 1.54) is 0 Å². The third-order valence-corrected chi connectivity index (χ3v) is 2.15. The van der Waals surface area contributed by atoms with E-state index in [1.54, 1.807) is 48.8 Å². The molecule has 0 aliphatic carbocycles. The fourth-order valence-electron chi connectivity index (χ4n) is 1.36. The van der Waals surface area contributed by atoms with Gasteiger partial charge in [-0.15, -0.1) is 0 Å². The SMILES string of the molecule is Nc1ccccc1C(=O)c1ccncc1. The van der Waals surface area contributed by atoms with Gasteiger partial charge in [0.05, 0.1) is 0 Å². The average Bonchev–Trinajstić information content (AvgIpc) is 2.30. The van der Waals surface area contributed by atoms with Crippen molar-refractivity contribution in [1.29, 1.82) is 0 Å². The van der Waals surface area contributed by atoms with Crippen LogP contribution in [0.5, 0.6) is 0 Å². The zero-order chi connectivity index (χ0) is 10.7. The zero-order valence-electron chi connectivity index (χ0n) is 8.05. The van der Waals surface area contributed by atoms with Gasteiger partial charge < -0.3 is 5.73 Å². The molecule has 2 aromatic rings. The fraction of sp³-hybridized carbons (Fsp3) is 0. The van der Waals surface area contributed by atoms with E-state index in [9.17, 15) is 4.79 Å². The van der Waals surface area contributed by atoms with Gasteiger partial charge in [0, 0.05) is 29.2 Å². The number of hydrogen-bond acceptors (Lipinski definition) is 3. The summed E-state index contributed by atoms with van der Waals surface area (Å²) in [6.07, 6.45) is 3.18. The number of carbonyl (C=O) groups excluding carboxylic acids is 1. The maximum atomic E-state index is 12.0. The van der Waals surface area contributed by atoms with E-state index in [4.69, 9.17) is 5.73 Å². The second-order valence-corrected chi connectivity index (χ2v) is 3.15. The Labute approximate surface area is 87.6 Å². The smallest absolute Gasteiger partial charge is 0.195 e. The van der Waals surface area contributed by atoms with Crippen molar-refractivity contribution in [3.8, 4) is 0 Å². The third-order valence-electron chi connectivity index (χ3n) is 2.15. The van der Waals surface area contributed by atoms with Crippen molar-refractivity contribution in [3.05, 3.63) is 59.9 Å². The van der Waals surface area contributed by atoms with Crippen LogP contribution < -0.4 is 5.73 Å². The van der Waals surface area contributed by atoms with Crippen molar-refractivity contribution in [2.45, 2.75) is 0 Å². The molecule has 0 radical (unpaired) electrons. The Morgan fingerprint density at radius 3 is 2.40 bits per heavy atom. The van der Waals surface area contributed by atoms with Crippen LogP contribution in [-0.4, -0.2) is 10.8 Å². The molecule has 0 aliphatic rings. The highest BCUT2D eigenvalue weighted by atomic mass is 16.1. The molecule has 2 rings (SSSR count). The second-order valence-electron chi connectivity index (χ2n) is 3.15. The molecule has 0 bridgehead atoms. The molecule has 74 valence electrons. The topological polar surface area (TPSA) is 56.0 Å². The van der Waals surface area contributed by atoms with Gasteiger partial charge in [0.15, 0.2) is 5.78 Å². The zero-order valence-corrected chi connectivity index (χ0v) is 8.05. The summed E-state index contributed by atoms with van der Waals surface area (Å²) in [6, 6.07) is 10.4. The third kappa shape index (κ3) is 1.86. The number of nitrogens with zero attached hydrogens (tertiary/aromatic N) is 1. The normalized spacial score (nSPS) is 9.87. The molecule has 3 heteroatoms. The summed E-state index contributed by atoms with van der Waals surface area (Å²) in [5, 5.41) is 0. The van der Waals surface area contributed by atoms with Crippen molar-refractivity contribution in [1.82, 2.24) is 4.98 Å². The number of anilines is 1. The van der Waals surface area contributed by atoms with Crippen LogP contribution in [0.1, 0.15) is 15.9 Å². The quantitative estimate of drug-likeness (QED) is 0.592. The minimum absolute atomic E-state index is 0.0736. The number of rotatable bonds is 2. The van der Waals surface area contributed by atoms with E-state index >= 15 is 0 Å². The molecule has 3 nitrogen and oxygen atoms in total. The minimum Gasteiger partial charge on any atom is -0.398 e. The van der Waals surface area contributed by atoms with Gasteiger partial charge in [-0.25, -0.2) is 0 Å². The predicted molar refractivity (Wildman–Crippen MR) is 58.5 cm³/mol. The van der Waals surface area contributed by atoms with Crippen LogP contribution >= 0.6 is 0 Å². The van der Waals surface area contributed by atoms with Crippen LogP contribution in [0.2, 0.25) is 0 Å². The van der Waals surface area contributed by atoms with Gasteiger partial charge in [-0.3, -0.25) is 9.78 Å². The number of pyridine rings is 1. The van der Waals surface area contributed by atoms with Gasteiger partial charge in [-0.2, -0.15) is 0 Å². The number of carbonyl (C=O) groups is 1. The number of nitrogen functional groups attached to an aromatic ring is 1. The number of aromatic nitrogens is 1. The van der Waals surface area contributed by atoms with Crippen molar-refractivity contribution in [3.63, 3.8) is 0 Å². The summed E-state index contributed by atoms with van der Waals surface area (Å²) in [5.41, 5.74) is 7.35. The van der Waals surface area contributed by atoms with Gasteiger partial charge in [-0.05, 0) is 24.3 Å². The van der Waals surface area contributed by atoms with Crippen LogP contribution in [0.15, 0.2) is 48.8 Å². The van der Waals surface area contributed by atoms with E-state index in [1.807, 2.05) is 0 Å². The molecule has 0 aliphatic heterocycles. The molecule has 0 fully saturated rings. The number of para-hydroxylation sites is 1. The molecule has 15 heavy (non-hydrogen) atoms. The molecular weight excluding hydrogens is 188 g/mol. The summed E-state index contributed by atoms with van der Waals surface area (Å²) in [6.45, 7) is 0. The van der Waals surface area contributed by atoms with Gasteiger partial charge in [0.1, 0.15) is 0 Å². The Morgan fingerprint density at radius 1 is 1.07 bits per heavy atom. The van der Waals surface area contributed by atoms with Gasteiger partial charge >= 0.3 is 0 Å². The Bertz CT molecular complexity index is 480. The maximum absolute atomic E-state index is 12.0. The summed E-state index contributed by atoms with van der Waals surface area (Å²) in [7, 11) is 0. The van der Waals surface area contributed by atoms with Crippen LogP contribution in [-0.2, 0) is 0 Å². The van der Waals surface area contributed by atoms with Crippen LogP contribution in [0.3, 0.4) is 0 Å². The van der Waals surface area contributed by atoms with Crippen molar-refractivity contribution >= 4 is 11.5 Å². The minimum atomic E-state index is -0.0736. The molecule has 1 aromatic carbocycles. The second kappa shape index (κ2) is 3.92. The molecule has 0 spiro atoms. The van der Waals surface area contributed by atoms with Crippen molar-refractivity contribution < 1.29 is 4.79 Å². The number of nitrogens with two attached hydrogens (primary N) is 1. The Kier molecular flexibility index (Phi) is 2.46. The number of benzene rings is 1. The lowest BCUT2D eigenvalue weighted by molar-refractivity contribution is 0.103. The molecule has 0 atom stereocenters. The van der Waals surface area contributed by atoms with E-state index in [0.717, 1.165) is 0 Å². The van der Waals surface area contributed by atoms with Crippen LogP contribution in [0.4, 0.5) is 5.69 Å². The van der Waals surface area contributed by atoms with Gasteiger partial charge in [0.25, 0.3) is 0 Å². The lowest BCUT2D eigenvalue weighted by atomic mass is 10.0. The Balaban J connectivity index is 2.42. The lowest BCUT2D eigenvalue weighted by Gasteiger charge is -2.03. The van der Waals surface area contributed by atoms with Gasteiger partial charge in [0.2, 0.25) is 0 Å². The van der Waals surface area contributed by atoms with Crippen molar-refractivity contribution in [2.24, 2.45) is 0 Å². The summed E-state index contributed by atoms with van der Waals surface area (Å²) in [5.74, 6) is -0.0736. The Morgan fingerprint density at radius 2 is 1.73 bits per heavy atom. The molecule has 0 amide bonds. The molecular formula is C12H10N2O. The molecule has 1 aromatic heterocycles. The van der Waals surface area contributed by atoms with E-state index in [0.29, 0.717) is 16.8 Å². The monoisotopic (exact) mass is 198 g/mol. The number of hydrogen-bond donors (Lipinski definition) is 1. The van der Waals surface area contributed by atoms with Crippen LogP contribution in [0.25, 0.3) is 0 Å². The standard InChI is InChI=1S/C12H10N2O/c13-11-4-2-1-3-10(11)12(15)9-5-7-14-8-6-9/h1-8H,13H2. The molecule has 2 N–H and O–H groups in total. The van der Waals surface area contributed by atoms with E-state index in [-0.39, 0.29) is 5.78 Å². The first-order valence-electron chi connectivity index (χ1n) is 4.58. The van der Waals surface area contributed by atoms with E-state index < -0.39 is 0 Å². The molecule has 1 heterocycles. The highest BCUT2D eigenvalue weighted by Gasteiger charge is 2.10. The molecule has 0 saturated heterocycles. The van der Waals surface area contributed by atoms with Crippen molar-refractivity contribution in [2.75, 3.05) is 5.73 Å². The average molecular weight is 198 g/mol. The summed E-state index contributed by atoms with van der Waals surface area (Å²) in [4.78, 5) is 15.8. The highest BCUT2D eigenvalue weighted by Crippen LogP contribution is 2.15. The first-order valence-corrected chi connectivity index (χ1v) is 4.58. The molecule has 0 saturated carbocycles. The molecule has 0 unspecified atom stereocenters. The first-order chi connectivity index (χ1) is 7.29. The predicted octanol–water partition coefficient (Wildman–Crippen LogP) is 1.89. The van der Waals surface area contributed by atoms with Gasteiger partial charge in [-0.1, -0.05) is 12.1 Å². The lowest BCUT2D eigenvalue weighted by Crippen LogP contribution is -2.04. The highest BCUT2D eigenvalue weighted by molar-refractivity contribution is 6.11.